The minimum atomic E-state index is -3.42. The van der Waals surface area contributed by atoms with Crippen LogP contribution in [0.4, 0.5) is 45.5 Å². The predicted molar refractivity (Wildman–Crippen MR) is 348 cm³/mol. The van der Waals surface area contributed by atoms with Crippen LogP contribution in [0, 0.1) is 29.7 Å². The van der Waals surface area contributed by atoms with Crippen molar-refractivity contribution in [3.05, 3.63) is 103 Å². The lowest BCUT2D eigenvalue weighted by molar-refractivity contribution is -0.893. The van der Waals surface area contributed by atoms with Gasteiger partial charge in [0.2, 0.25) is 5.03 Å². The van der Waals surface area contributed by atoms with Crippen LogP contribution in [0.15, 0.2) is 78.3 Å². The topological polar surface area (TPSA) is 245 Å². The number of likely N-dealkylation sites (N-methyl/N-ethyl adjacent to an activating group) is 2. The molecule has 1 fully saturated rings. The fourth-order valence-corrected chi connectivity index (χ4v) is 9.85. The first-order valence-electron chi connectivity index (χ1n) is 26.0. The van der Waals surface area contributed by atoms with Gasteiger partial charge in [0.05, 0.1) is 110 Å². The molecule has 8 aromatic rings. The van der Waals surface area contributed by atoms with Gasteiger partial charge in [0.25, 0.3) is 17.6 Å². The van der Waals surface area contributed by atoms with Crippen molar-refractivity contribution in [2.75, 3.05) is 198 Å². The second kappa shape index (κ2) is 27.9. The molecular formula is C58H101N19O5S. The second-order valence-corrected chi connectivity index (χ2v) is 25.9. The van der Waals surface area contributed by atoms with Crippen LogP contribution in [0.3, 0.4) is 0 Å². The molecule has 9 heterocycles. The number of hydrogen-bond acceptors (Lipinski definition) is 16. The Hall–Kier alpha value is -7.29. The van der Waals surface area contributed by atoms with E-state index in [4.69, 9.17) is 37.1 Å². The fourth-order valence-electron chi connectivity index (χ4n) is 9.11. The molecule has 8 aromatic heterocycles. The number of fused-ring (bicyclic) bond motifs is 4. The molecule has 1 aliphatic rings. The van der Waals surface area contributed by atoms with Gasteiger partial charge in [-0.05, 0) is 36.4 Å². The van der Waals surface area contributed by atoms with Crippen molar-refractivity contribution in [1.29, 1.82) is 0 Å². The number of likely N-dealkylation sites (tertiary alicyclic amines) is 1. The van der Waals surface area contributed by atoms with Gasteiger partial charge in [-0.2, -0.15) is 5.10 Å². The first-order chi connectivity index (χ1) is 36.6. The van der Waals surface area contributed by atoms with Crippen LogP contribution in [-0.4, -0.2) is 232 Å². The normalized spacial score (nSPS) is 13.7. The summed E-state index contributed by atoms with van der Waals surface area (Å²) < 4.78 is 50.0. The van der Waals surface area contributed by atoms with E-state index in [1.807, 2.05) is 126 Å². The monoisotopic (exact) mass is 1180 g/mol. The number of ether oxygens (including phenoxy) is 3. The average molecular weight is 1180 g/mol. The summed E-state index contributed by atoms with van der Waals surface area (Å²) in [4.78, 5) is 6.51. The number of nitrogens with zero attached hydrogens (tertiary/aromatic N) is 15. The standard InChI is InChI=1S/C18H31N6O.C14H24N5O.C11H17N4O2S.C11H17N4O.4CH3/c1-21(2)15-7-6-9-23-17(15)16(19)18(20-23)25-12-11-22-10-8-14(13-22)24(3,4)5;1-17(2)11-7-6-8-18-13(11)12(15)14(16-18)20-10-9-19(3,4)5;1-15(2,3)8-6-5-7-14-10(8)9(12)11(13-14)18(4,16)17;1-15(2,3)8-6-5-7-14-10(8)9(12)11(13-14)16-4;;;;/h6-7,9,14H,8,10-13,19H2,1-5H3;6-8H,9-10,15H2,1-5H3;5-7H,12H2,1-4H3;5-7H,12H2,1-4H3;4*1H3/q4*+1;4*-1. The number of rotatable bonds is 15. The van der Waals surface area contributed by atoms with Crippen LogP contribution in [0.25, 0.3) is 22.1 Å². The van der Waals surface area contributed by atoms with Crippen molar-refractivity contribution in [2.24, 2.45) is 0 Å². The molecule has 0 amide bonds. The van der Waals surface area contributed by atoms with Crippen LogP contribution in [-0.2, 0) is 9.84 Å². The number of nitrogen functional groups attached to an aromatic ring is 4. The predicted octanol–water partition coefficient (Wildman–Crippen LogP) is 5.65. The van der Waals surface area contributed by atoms with Gasteiger partial charge in [0.1, 0.15) is 59.6 Å². The molecular weight excluding hydrogens is 1070 g/mol. The van der Waals surface area contributed by atoms with Crippen LogP contribution in [0.2, 0.25) is 0 Å². The molecule has 0 bridgehead atoms. The summed E-state index contributed by atoms with van der Waals surface area (Å²) in [5.41, 5.74) is 33.9. The molecule has 9 rings (SSSR count). The quantitative estimate of drug-likeness (QED) is 0.0716. The highest BCUT2D eigenvalue weighted by molar-refractivity contribution is 7.90. The minimum absolute atomic E-state index is 0. The van der Waals surface area contributed by atoms with Crippen molar-refractivity contribution in [2.45, 2.75) is 17.5 Å². The molecule has 0 spiro atoms. The van der Waals surface area contributed by atoms with Crippen LogP contribution >= 0.6 is 0 Å². The van der Waals surface area contributed by atoms with Crippen LogP contribution in [0.5, 0.6) is 17.6 Å². The van der Waals surface area contributed by atoms with Crippen molar-refractivity contribution in [3.8, 4) is 17.6 Å². The second-order valence-electron chi connectivity index (χ2n) is 24.0. The maximum Gasteiger partial charge on any atom is 0.257 e. The maximum absolute atomic E-state index is 11.6. The van der Waals surface area contributed by atoms with E-state index in [1.165, 1.54) is 10.9 Å². The number of quaternary nitrogens is 4. The first kappa shape index (κ1) is 71.8. The molecule has 24 nitrogen and oxygen atoms in total. The highest BCUT2D eigenvalue weighted by Gasteiger charge is 2.32. The van der Waals surface area contributed by atoms with Crippen molar-refractivity contribution >= 4 is 77.4 Å². The van der Waals surface area contributed by atoms with Crippen molar-refractivity contribution in [3.63, 3.8) is 0 Å². The zero-order valence-electron chi connectivity index (χ0n) is 53.9. The lowest BCUT2D eigenvalue weighted by Gasteiger charge is -2.31. The fraction of sp³-hybridized carbons (Fsp3) is 0.448. The maximum atomic E-state index is 11.6. The lowest BCUT2D eigenvalue weighted by Crippen LogP contribution is -2.46. The van der Waals surface area contributed by atoms with Crippen LogP contribution in [0.1, 0.15) is 6.42 Å². The Morgan fingerprint density at radius 1 is 0.566 bits per heavy atom. The van der Waals surface area contributed by atoms with E-state index in [1.54, 1.807) is 26.9 Å². The molecule has 1 aliphatic heterocycles. The van der Waals surface area contributed by atoms with E-state index in [-0.39, 0.29) is 40.4 Å². The van der Waals surface area contributed by atoms with Gasteiger partial charge in [-0.15, -0.1) is 15.3 Å². The largest absolute Gasteiger partial charge is 0.478 e. The first-order valence-corrected chi connectivity index (χ1v) is 27.9. The Morgan fingerprint density at radius 2 is 0.952 bits per heavy atom. The molecule has 0 radical (unpaired) electrons. The summed E-state index contributed by atoms with van der Waals surface area (Å²) in [6, 6.07) is 16.4. The third-order valence-electron chi connectivity index (χ3n) is 13.5. The van der Waals surface area contributed by atoms with Crippen molar-refractivity contribution in [1.82, 2.24) is 52.3 Å². The summed E-state index contributed by atoms with van der Waals surface area (Å²) in [5, 5.41) is 17.2. The number of methoxy groups -OCH3 is 1. The summed E-state index contributed by atoms with van der Waals surface area (Å²) in [6.07, 6.45) is 9.69. The number of pyridine rings is 4. The number of nitrogens with two attached hydrogens (primary N) is 4. The zero-order chi connectivity index (χ0) is 58.7. The van der Waals surface area contributed by atoms with Gasteiger partial charge in [0, 0.05) is 90.9 Å². The van der Waals surface area contributed by atoms with E-state index in [9.17, 15) is 8.42 Å². The molecule has 0 aliphatic carbocycles. The molecule has 1 unspecified atom stereocenters. The third kappa shape index (κ3) is 16.9. The molecule has 25 heteroatoms. The Balaban J connectivity index is 0.000000377. The average Bonchev–Trinajstić information content (AvgIpc) is 4.36. The SMILES string of the molecule is CN(C)c1cccn2nc(OCCN3CCC([N+](C)(C)C)C3)c(N)c12.CN(C)c1cccn2nc(OCC[N+](C)(C)C)c(N)c12.COc1nn2cccc([N+](C)(C)C)c2c1N.C[N+](C)(C)c1cccn2nc(S(C)(=O)=O)c(N)c12.[CH3-].[CH3-].[CH3-].[CH3-]. The van der Waals surface area contributed by atoms with E-state index >= 15 is 0 Å². The Morgan fingerprint density at radius 3 is 1.34 bits per heavy atom. The Labute approximate surface area is 495 Å². The molecule has 8 N–H and O–H groups in total. The van der Waals surface area contributed by atoms with Crippen LogP contribution < -0.4 is 55.9 Å². The Kier molecular flexibility index (Phi) is 24.1. The number of anilines is 6. The molecule has 83 heavy (non-hydrogen) atoms. The summed E-state index contributed by atoms with van der Waals surface area (Å²) in [5.74, 6) is 1.50. The highest BCUT2D eigenvalue weighted by atomic mass is 32.2. The summed E-state index contributed by atoms with van der Waals surface area (Å²) in [6.45, 7) is 5.26. The smallest absolute Gasteiger partial charge is 0.257 e. The molecule has 0 aromatic carbocycles. The number of sulfone groups is 1. The lowest BCUT2D eigenvalue weighted by atomic mass is 10.2. The van der Waals surface area contributed by atoms with E-state index in [0.29, 0.717) is 68.4 Å². The molecule has 1 saturated heterocycles. The van der Waals surface area contributed by atoms with E-state index in [2.05, 4.69) is 88.7 Å². The van der Waals surface area contributed by atoms with Gasteiger partial charge in [-0.25, -0.2) is 26.5 Å². The van der Waals surface area contributed by atoms with Gasteiger partial charge in [-0.3, -0.25) is 13.9 Å². The van der Waals surface area contributed by atoms with E-state index in [0.717, 1.165) is 80.7 Å². The van der Waals surface area contributed by atoms with Gasteiger partial charge >= 0.3 is 0 Å². The van der Waals surface area contributed by atoms with Gasteiger partial charge in [-0.1, -0.05) is 0 Å². The summed E-state index contributed by atoms with van der Waals surface area (Å²) in [7, 11) is 31.5. The van der Waals surface area contributed by atoms with Gasteiger partial charge < -0.3 is 85.6 Å². The minimum Gasteiger partial charge on any atom is -0.478 e. The number of aromatic nitrogens is 8. The third-order valence-corrected chi connectivity index (χ3v) is 14.5. The molecule has 464 valence electrons. The van der Waals surface area contributed by atoms with E-state index < -0.39 is 9.84 Å². The summed E-state index contributed by atoms with van der Waals surface area (Å²) >= 11 is 0. The van der Waals surface area contributed by atoms with Gasteiger partial charge in [0.15, 0.2) is 32.2 Å². The zero-order valence-corrected chi connectivity index (χ0v) is 54.7. The molecule has 0 saturated carbocycles. The molecule has 1 atom stereocenters. The Bertz CT molecular complexity index is 3480. The highest BCUT2D eigenvalue weighted by Crippen LogP contribution is 2.36. The van der Waals surface area contributed by atoms with Crippen molar-refractivity contribution < 1.29 is 31.6 Å². The number of hydrogen-bond donors (Lipinski definition) is 4.